The van der Waals surface area contributed by atoms with E-state index < -0.39 is 6.10 Å². The van der Waals surface area contributed by atoms with Crippen LogP contribution in [0.2, 0.25) is 0 Å². The van der Waals surface area contributed by atoms with Gasteiger partial charge >= 0.3 is 17.9 Å². The van der Waals surface area contributed by atoms with Gasteiger partial charge in [-0.1, -0.05) is 208 Å². The van der Waals surface area contributed by atoms with Gasteiger partial charge in [-0.2, -0.15) is 0 Å². The van der Waals surface area contributed by atoms with Gasteiger partial charge in [-0.25, -0.2) is 0 Å². The number of unbranched alkanes of at least 4 members (excludes halogenated alkanes) is 22. The Balaban J connectivity index is 4.41. The fourth-order valence-corrected chi connectivity index (χ4v) is 7.37. The standard InChI is InChI=1S/C61H102O6/c1-4-7-10-13-16-19-22-25-27-28-29-30-31-32-33-34-35-37-39-42-45-48-51-54-60(63)66-57-58(56-65-59(62)53-50-47-44-41-38-24-21-18-15-12-9-6-3)67-61(64)55-52-49-46-43-40-36-26-23-20-17-14-11-8-5-2/h7,10,16,18-19,21,23,25-27,29-30,32-33,35,37,58H,4-6,8-9,11-15,17,20,22,24,28,31,34,36,38-57H2,1-3H3/b10-7-,19-16-,21-18-,26-23-,27-25-,30-29-,33-32-,37-35-. The van der Waals surface area contributed by atoms with Crippen molar-refractivity contribution in [3.8, 4) is 0 Å². The zero-order valence-electron chi connectivity index (χ0n) is 43.6. The first-order valence-electron chi connectivity index (χ1n) is 27.7. The molecule has 0 aromatic carbocycles. The number of rotatable bonds is 49. The van der Waals surface area contributed by atoms with Crippen molar-refractivity contribution in [1.82, 2.24) is 0 Å². The summed E-state index contributed by atoms with van der Waals surface area (Å²) in [6.07, 6.45) is 72.5. The first kappa shape index (κ1) is 63.3. The van der Waals surface area contributed by atoms with Gasteiger partial charge < -0.3 is 14.2 Å². The molecule has 0 radical (unpaired) electrons. The normalized spacial score (nSPS) is 12.8. The van der Waals surface area contributed by atoms with Crippen molar-refractivity contribution in [2.45, 2.75) is 258 Å². The molecule has 0 saturated heterocycles. The summed E-state index contributed by atoms with van der Waals surface area (Å²) in [5, 5.41) is 0. The van der Waals surface area contributed by atoms with Crippen molar-refractivity contribution in [3.63, 3.8) is 0 Å². The smallest absolute Gasteiger partial charge is 0.306 e. The van der Waals surface area contributed by atoms with Gasteiger partial charge in [0.15, 0.2) is 6.10 Å². The van der Waals surface area contributed by atoms with E-state index in [4.69, 9.17) is 14.2 Å². The van der Waals surface area contributed by atoms with Crippen LogP contribution in [0.15, 0.2) is 97.2 Å². The maximum absolute atomic E-state index is 12.8. The minimum absolute atomic E-state index is 0.0939. The number of ether oxygens (including phenoxy) is 3. The molecule has 1 atom stereocenters. The number of esters is 3. The molecule has 0 heterocycles. The first-order chi connectivity index (χ1) is 33.0. The molecule has 67 heavy (non-hydrogen) atoms. The molecule has 0 aliphatic carbocycles. The van der Waals surface area contributed by atoms with Gasteiger partial charge in [-0.05, 0) is 122 Å². The van der Waals surface area contributed by atoms with E-state index >= 15 is 0 Å². The molecule has 0 aliphatic rings. The van der Waals surface area contributed by atoms with E-state index in [0.29, 0.717) is 19.3 Å². The van der Waals surface area contributed by atoms with Crippen molar-refractivity contribution < 1.29 is 28.6 Å². The zero-order valence-corrected chi connectivity index (χ0v) is 43.6. The monoisotopic (exact) mass is 931 g/mol. The summed E-state index contributed by atoms with van der Waals surface area (Å²) in [4.78, 5) is 38.0. The molecular formula is C61H102O6. The second-order valence-electron chi connectivity index (χ2n) is 18.1. The Morgan fingerprint density at radius 3 is 0.955 bits per heavy atom. The molecule has 1 unspecified atom stereocenters. The zero-order chi connectivity index (χ0) is 48.6. The average Bonchev–Trinajstić information content (AvgIpc) is 3.33. The largest absolute Gasteiger partial charge is 0.462 e. The Morgan fingerprint density at radius 1 is 0.313 bits per heavy atom. The highest BCUT2D eigenvalue weighted by Gasteiger charge is 2.19. The number of allylic oxidation sites excluding steroid dienone is 16. The van der Waals surface area contributed by atoms with Gasteiger partial charge in [0.1, 0.15) is 13.2 Å². The van der Waals surface area contributed by atoms with Crippen LogP contribution in [0.4, 0.5) is 0 Å². The Morgan fingerprint density at radius 2 is 0.582 bits per heavy atom. The third-order valence-corrected chi connectivity index (χ3v) is 11.5. The third-order valence-electron chi connectivity index (χ3n) is 11.5. The summed E-state index contributed by atoms with van der Waals surface area (Å²) in [7, 11) is 0. The van der Waals surface area contributed by atoms with Crippen LogP contribution in [0.25, 0.3) is 0 Å². The fourth-order valence-electron chi connectivity index (χ4n) is 7.37. The summed E-state index contributed by atoms with van der Waals surface area (Å²) >= 11 is 0. The number of carbonyl (C=O) groups is 3. The van der Waals surface area contributed by atoms with E-state index in [1.165, 1.54) is 83.5 Å². The van der Waals surface area contributed by atoms with Crippen LogP contribution in [0.3, 0.4) is 0 Å². The second-order valence-corrected chi connectivity index (χ2v) is 18.1. The molecule has 6 nitrogen and oxygen atoms in total. The van der Waals surface area contributed by atoms with Crippen molar-refractivity contribution in [2.75, 3.05) is 13.2 Å². The lowest BCUT2D eigenvalue weighted by molar-refractivity contribution is -0.167. The maximum atomic E-state index is 12.8. The summed E-state index contributed by atoms with van der Waals surface area (Å²) in [6, 6.07) is 0. The van der Waals surface area contributed by atoms with E-state index in [9.17, 15) is 14.4 Å². The summed E-state index contributed by atoms with van der Waals surface area (Å²) in [5.74, 6) is -0.937. The molecule has 382 valence electrons. The van der Waals surface area contributed by atoms with Gasteiger partial charge in [0, 0.05) is 19.3 Å². The van der Waals surface area contributed by atoms with Crippen LogP contribution in [0.1, 0.15) is 252 Å². The summed E-state index contributed by atoms with van der Waals surface area (Å²) in [6.45, 7) is 6.45. The molecule has 0 N–H and O–H groups in total. The van der Waals surface area contributed by atoms with Gasteiger partial charge in [0.05, 0.1) is 0 Å². The lowest BCUT2D eigenvalue weighted by Crippen LogP contribution is -2.30. The maximum Gasteiger partial charge on any atom is 0.306 e. The lowest BCUT2D eigenvalue weighted by atomic mass is 10.1. The quantitative estimate of drug-likeness (QED) is 0.0262. The van der Waals surface area contributed by atoms with Crippen molar-refractivity contribution in [3.05, 3.63) is 97.2 Å². The van der Waals surface area contributed by atoms with Gasteiger partial charge in [0.25, 0.3) is 0 Å². The molecule has 6 heteroatoms. The molecule has 0 bridgehead atoms. The van der Waals surface area contributed by atoms with Crippen LogP contribution < -0.4 is 0 Å². The second kappa shape index (κ2) is 54.9. The Kier molecular flexibility index (Phi) is 51.9. The third kappa shape index (κ3) is 53.2. The Hall–Kier alpha value is -3.67. The van der Waals surface area contributed by atoms with Gasteiger partial charge in [0.2, 0.25) is 0 Å². The highest BCUT2D eigenvalue weighted by atomic mass is 16.6. The summed E-state index contributed by atoms with van der Waals surface area (Å²) in [5.41, 5.74) is 0. The summed E-state index contributed by atoms with van der Waals surface area (Å²) < 4.78 is 16.8. The molecule has 0 fully saturated rings. The average molecular weight is 931 g/mol. The highest BCUT2D eigenvalue weighted by Crippen LogP contribution is 2.13. The van der Waals surface area contributed by atoms with Crippen LogP contribution in [-0.2, 0) is 28.6 Å². The van der Waals surface area contributed by atoms with E-state index in [1.54, 1.807) is 0 Å². The van der Waals surface area contributed by atoms with Crippen molar-refractivity contribution >= 4 is 17.9 Å². The molecule has 0 aromatic rings. The van der Waals surface area contributed by atoms with Gasteiger partial charge in [-0.3, -0.25) is 14.4 Å². The van der Waals surface area contributed by atoms with Crippen LogP contribution in [0, 0.1) is 0 Å². The van der Waals surface area contributed by atoms with Gasteiger partial charge in [-0.15, -0.1) is 0 Å². The Bertz CT molecular complexity index is 1350. The van der Waals surface area contributed by atoms with E-state index in [2.05, 4.69) is 118 Å². The minimum Gasteiger partial charge on any atom is -0.462 e. The lowest BCUT2D eigenvalue weighted by Gasteiger charge is -2.18. The molecule has 0 aromatic heterocycles. The molecule has 0 rings (SSSR count). The number of hydrogen-bond acceptors (Lipinski definition) is 6. The van der Waals surface area contributed by atoms with Crippen LogP contribution >= 0.6 is 0 Å². The van der Waals surface area contributed by atoms with E-state index in [0.717, 1.165) is 128 Å². The number of hydrogen-bond donors (Lipinski definition) is 0. The number of carbonyl (C=O) groups excluding carboxylic acids is 3. The molecule has 0 aliphatic heterocycles. The first-order valence-corrected chi connectivity index (χ1v) is 27.7. The van der Waals surface area contributed by atoms with Crippen molar-refractivity contribution in [1.29, 1.82) is 0 Å². The highest BCUT2D eigenvalue weighted by molar-refractivity contribution is 5.71. The van der Waals surface area contributed by atoms with Crippen LogP contribution in [0.5, 0.6) is 0 Å². The molecular weight excluding hydrogens is 829 g/mol. The molecule has 0 spiro atoms. The fraction of sp³-hybridized carbons (Fsp3) is 0.689. The van der Waals surface area contributed by atoms with E-state index in [1.807, 2.05) is 0 Å². The molecule has 0 amide bonds. The predicted octanol–water partition coefficient (Wildman–Crippen LogP) is 18.5. The predicted molar refractivity (Wildman–Crippen MR) is 288 cm³/mol. The SMILES string of the molecule is CC/C=C\C/C=C\C/C=C\C/C=C\C/C=C\C/C=C\CCCCCCC(=O)OCC(COC(=O)CCCCCCC/C=C\CCCCC)OC(=O)CCCCCCC/C=C\CCCCCCC. The topological polar surface area (TPSA) is 78.9 Å². The molecule has 0 saturated carbocycles. The van der Waals surface area contributed by atoms with Crippen molar-refractivity contribution in [2.24, 2.45) is 0 Å². The Labute approximate surface area is 413 Å². The van der Waals surface area contributed by atoms with Crippen LogP contribution in [-0.4, -0.2) is 37.2 Å². The minimum atomic E-state index is -0.796. The van der Waals surface area contributed by atoms with E-state index in [-0.39, 0.29) is 31.1 Å².